The zero-order valence-corrected chi connectivity index (χ0v) is 11.6. The first kappa shape index (κ1) is 12.6. The standard InChI is InChI=1S/C14H16N2O2S/c1-17-12-5-3-2-4-10(12)11-9-19-14(16-11)13-8-15-6-7-18-13/h2-5,9,13,15H,6-8H2,1H3. The molecule has 0 saturated carbocycles. The zero-order chi connectivity index (χ0) is 13.1. The number of nitrogens with one attached hydrogen (secondary N) is 1. The zero-order valence-electron chi connectivity index (χ0n) is 10.8. The average molecular weight is 276 g/mol. The molecule has 1 aliphatic rings. The lowest BCUT2D eigenvalue weighted by atomic mass is 10.1. The van der Waals surface area contributed by atoms with Crippen molar-refractivity contribution in [2.75, 3.05) is 26.8 Å². The Balaban J connectivity index is 1.88. The Morgan fingerprint density at radius 2 is 2.32 bits per heavy atom. The van der Waals surface area contributed by atoms with Crippen LogP contribution in [0.5, 0.6) is 5.75 Å². The summed E-state index contributed by atoms with van der Waals surface area (Å²) < 4.78 is 11.1. The molecule has 2 heterocycles. The highest BCUT2D eigenvalue weighted by atomic mass is 32.1. The average Bonchev–Trinajstić information content (AvgIpc) is 2.98. The number of para-hydroxylation sites is 1. The number of methoxy groups -OCH3 is 1. The van der Waals surface area contributed by atoms with E-state index in [0.29, 0.717) is 0 Å². The summed E-state index contributed by atoms with van der Waals surface area (Å²) >= 11 is 1.64. The summed E-state index contributed by atoms with van der Waals surface area (Å²) in [6, 6.07) is 7.93. The Morgan fingerprint density at radius 3 is 3.11 bits per heavy atom. The predicted molar refractivity (Wildman–Crippen MR) is 75.7 cm³/mol. The van der Waals surface area contributed by atoms with Gasteiger partial charge in [-0.2, -0.15) is 0 Å². The number of thiazole rings is 1. The van der Waals surface area contributed by atoms with E-state index >= 15 is 0 Å². The highest BCUT2D eigenvalue weighted by Gasteiger charge is 2.20. The van der Waals surface area contributed by atoms with Gasteiger partial charge >= 0.3 is 0 Å². The topological polar surface area (TPSA) is 43.4 Å². The number of hydrogen-bond donors (Lipinski definition) is 1. The minimum absolute atomic E-state index is 0.0715. The monoisotopic (exact) mass is 276 g/mol. The van der Waals surface area contributed by atoms with Gasteiger partial charge in [0.1, 0.15) is 16.9 Å². The Labute approximate surface area is 116 Å². The molecule has 0 bridgehead atoms. The van der Waals surface area contributed by atoms with Crippen molar-refractivity contribution in [1.29, 1.82) is 0 Å². The van der Waals surface area contributed by atoms with Crippen molar-refractivity contribution in [3.63, 3.8) is 0 Å². The summed E-state index contributed by atoms with van der Waals surface area (Å²) in [7, 11) is 1.68. The maximum absolute atomic E-state index is 5.72. The number of morpholine rings is 1. The number of benzene rings is 1. The van der Waals surface area contributed by atoms with Crippen LogP contribution in [0.2, 0.25) is 0 Å². The van der Waals surface area contributed by atoms with Gasteiger partial charge in [0, 0.05) is 24.0 Å². The smallest absolute Gasteiger partial charge is 0.128 e. The lowest BCUT2D eigenvalue weighted by Crippen LogP contribution is -2.33. The molecule has 5 heteroatoms. The molecule has 1 aliphatic heterocycles. The lowest BCUT2D eigenvalue weighted by molar-refractivity contribution is 0.0276. The van der Waals surface area contributed by atoms with E-state index in [2.05, 4.69) is 15.7 Å². The summed E-state index contributed by atoms with van der Waals surface area (Å²) in [5.41, 5.74) is 1.97. The number of nitrogens with zero attached hydrogens (tertiary/aromatic N) is 1. The first-order valence-electron chi connectivity index (χ1n) is 6.29. The van der Waals surface area contributed by atoms with Gasteiger partial charge in [-0.3, -0.25) is 0 Å². The molecule has 1 N–H and O–H groups in total. The molecule has 2 aromatic rings. The molecule has 1 atom stereocenters. The molecule has 1 aromatic heterocycles. The van der Waals surface area contributed by atoms with Gasteiger partial charge < -0.3 is 14.8 Å². The van der Waals surface area contributed by atoms with Gasteiger partial charge in [-0.25, -0.2) is 4.98 Å². The van der Waals surface area contributed by atoms with Gasteiger partial charge in [0.2, 0.25) is 0 Å². The van der Waals surface area contributed by atoms with Crippen LogP contribution in [0.4, 0.5) is 0 Å². The van der Waals surface area contributed by atoms with Crippen molar-refractivity contribution >= 4 is 11.3 Å². The second-order valence-corrected chi connectivity index (χ2v) is 5.22. The van der Waals surface area contributed by atoms with Crippen LogP contribution in [0.3, 0.4) is 0 Å². The molecule has 100 valence electrons. The second-order valence-electron chi connectivity index (χ2n) is 4.33. The predicted octanol–water partition coefficient (Wildman–Crippen LogP) is 2.48. The lowest BCUT2D eigenvalue weighted by Gasteiger charge is -2.21. The van der Waals surface area contributed by atoms with Crippen molar-refractivity contribution in [3.05, 3.63) is 34.7 Å². The first-order valence-corrected chi connectivity index (χ1v) is 7.17. The molecule has 1 aromatic carbocycles. The van der Waals surface area contributed by atoms with Gasteiger partial charge in [-0.15, -0.1) is 11.3 Å². The quantitative estimate of drug-likeness (QED) is 0.935. The van der Waals surface area contributed by atoms with E-state index < -0.39 is 0 Å². The molecule has 1 unspecified atom stereocenters. The van der Waals surface area contributed by atoms with Crippen LogP contribution in [0.25, 0.3) is 11.3 Å². The van der Waals surface area contributed by atoms with Gasteiger partial charge in [-0.1, -0.05) is 12.1 Å². The minimum atomic E-state index is 0.0715. The summed E-state index contributed by atoms with van der Waals surface area (Å²) in [6.07, 6.45) is 0.0715. The van der Waals surface area contributed by atoms with Crippen molar-refractivity contribution in [3.8, 4) is 17.0 Å². The molecular weight excluding hydrogens is 260 g/mol. The maximum Gasteiger partial charge on any atom is 0.128 e. The summed E-state index contributed by atoms with van der Waals surface area (Å²) in [6.45, 7) is 2.49. The fourth-order valence-corrected chi connectivity index (χ4v) is 3.01. The van der Waals surface area contributed by atoms with Gasteiger partial charge in [0.15, 0.2) is 0 Å². The summed E-state index contributed by atoms with van der Waals surface area (Å²) in [5.74, 6) is 0.849. The van der Waals surface area contributed by atoms with Gasteiger partial charge in [0.05, 0.1) is 19.4 Å². The van der Waals surface area contributed by atoms with Crippen molar-refractivity contribution in [2.24, 2.45) is 0 Å². The summed E-state index contributed by atoms with van der Waals surface area (Å²) in [5, 5.41) is 6.40. The van der Waals surface area contributed by atoms with Crippen LogP contribution >= 0.6 is 11.3 Å². The normalized spacial score (nSPS) is 19.3. The Hall–Kier alpha value is -1.43. The fourth-order valence-electron chi connectivity index (χ4n) is 2.14. The van der Waals surface area contributed by atoms with Crippen LogP contribution in [0.15, 0.2) is 29.6 Å². The largest absolute Gasteiger partial charge is 0.496 e. The van der Waals surface area contributed by atoms with Crippen LogP contribution in [0.1, 0.15) is 11.1 Å². The molecular formula is C14H16N2O2S. The Bertz CT molecular complexity index is 550. The van der Waals surface area contributed by atoms with E-state index in [1.54, 1.807) is 18.4 Å². The maximum atomic E-state index is 5.72. The van der Waals surface area contributed by atoms with Crippen LogP contribution < -0.4 is 10.1 Å². The molecule has 1 saturated heterocycles. The molecule has 0 amide bonds. The first-order chi connectivity index (χ1) is 9.38. The van der Waals surface area contributed by atoms with E-state index in [1.165, 1.54) is 0 Å². The second kappa shape index (κ2) is 5.69. The van der Waals surface area contributed by atoms with Crippen molar-refractivity contribution < 1.29 is 9.47 Å². The fraction of sp³-hybridized carbons (Fsp3) is 0.357. The van der Waals surface area contributed by atoms with Crippen LogP contribution in [-0.4, -0.2) is 31.8 Å². The van der Waals surface area contributed by atoms with E-state index in [-0.39, 0.29) is 6.10 Å². The van der Waals surface area contributed by atoms with E-state index in [0.717, 1.165) is 41.7 Å². The van der Waals surface area contributed by atoms with E-state index in [9.17, 15) is 0 Å². The highest BCUT2D eigenvalue weighted by Crippen LogP contribution is 2.32. The third-order valence-corrected chi connectivity index (χ3v) is 4.04. The molecule has 4 nitrogen and oxygen atoms in total. The molecule has 0 radical (unpaired) electrons. The van der Waals surface area contributed by atoms with Crippen LogP contribution in [-0.2, 0) is 4.74 Å². The molecule has 0 spiro atoms. The molecule has 1 fully saturated rings. The van der Waals surface area contributed by atoms with Crippen LogP contribution in [0, 0.1) is 0 Å². The van der Waals surface area contributed by atoms with E-state index in [4.69, 9.17) is 9.47 Å². The number of rotatable bonds is 3. The van der Waals surface area contributed by atoms with E-state index in [1.807, 2.05) is 24.3 Å². The molecule has 19 heavy (non-hydrogen) atoms. The number of aromatic nitrogens is 1. The van der Waals surface area contributed by atoms with Crippen molar-refractivity contribution in [1.82, 2.24) is 10.3 Å². The Morgan fingerprint density at radius 1 is 1.42 bits per heavy atom. The molecule has 3 rings (SSSR count). The molecule has 0 aliphatic carbocycles. The third kappa shape index (κ3) is 2.63. The number of hydrogen-bond acceptors (Lipinski definition) is 5. The van der Waals surface area contributed by atoms with Gasteiger partial charge in [0.25, 0.3) is 0 Å². The summed E-state index contributed by atoms with van der Waals surface area (Å²) in [4.78, 5) is 4.69. The van der Waals surface area contributed by atoms with Gasteiger partial charge in [-0.05, 0) is 12.1 Å². The minimum Gasteiger partial charge on any atom is -0.496 e. The highest BCUT2D eigenvalue weighted by molar-refractivity contribution is 7.10. The Kier molecular flexibility index (Phi) is 3.77. The van der Waals surface area contributed by atoms with Crippen molar-refractivity contribution in [2.45, 2.75) is 6.10 Å². The number of ether oxygens (including phenoxy) is 2. The third-order valence-electron chi connectivity index (χ3n) is 3.11. The SMILES string of the molecule is COc1ccccc1-c1csc(C2CNCCO2)n1.